The molecule has 2 fully saturated rings. The second-order valence-corrected chi connectivity index (χ2v) is 8.25. The zero-order valence-electron chi connectivity index (χ0n) is 16.9. The first-order valence-electron chi connectivity index (χ1n) is 10.1. The van der Waals surface area contributed by atoms with E-state index >= 15 is 0 Å². The highest BCUT2D eigenvalue weighted by Gasteiger charge is 2.25. The van der Waals surface area contributed by atoms with Crippen molar-refractivity contribution in [2.75, 3.05) is 70.9 Å². The first kappa shape index (κ1) is 20.1. The second-order valence-electron chi connectivity index (χ2n) is 7.47. The summed E-state index contributed by atoms with van der Waals surface area (Å²) in [5.41, 5.74) is 1.37. The van der Waals surface area contributed by atoms with Crippen LogP contribution in [0.4, 0.5) is 5.82 Å². The number of carbonyl (C=O) groups excluding carboxylic acids is 1. The molecule has 8 nitrogen and oxygen atoms in total. The van der Waals surface area contributed by atoms with Crippen molar-refractivity contribution >= 4 is 23.1 Å². The highest BCUT2D eigenvalue weighted by molar-refractivity contribution is 7.07. The number of rotatable bonds is 6. The molecule has 29 heavy (non-hydrogen) atoms. The van der Waals surface area contributed by atoms with Gasteiger partial charge in [-0.25, -0.2) is 0 Å². The van der Waals surface area contributed by atoms with Gasteiger partial charge in [-0.3, -0.25) is 19.6 Å². The van der Waals surface area contributed by atoms with Crippen LogP contribution in [0.1, 0.15) is 5.56 Å². The molecule has 1 amide bonds. The van der Waals surface area contributed by atoms with Crippen molar-refractivity contribution < 1.29 is 9.53 Å². The molecule has 2 aromatic heterocycles. The van der Waals surface area contributed by atoms with E-state index in [4.69, 9.17) is 4.74 Å². The maximum Gasteiger partial charge on any atom is 0.236 e. The van der Waals surface area contributed by atoms with Crippen LogP contribution in [0.2, 0.25) is 0 Å². The smallest absolute Gasteiger partial charge is 0.236 e. The quantitative estimate of drug-likeness (QED) is 0.696. The van der Waals surface area contributed by atoms with Crippen LogP contribution in [0.15, 0.2) is 29.2 Å². The van der Waals surface area contributed by atoms with E-state index in [2.05, 4.69) is 41.5 Å². The summed E-state index contributed by atoms with van der Waals surface area (Å²) in [5, 5.41) is 4.32. The van der Waals surface area contributed by atoms with Gasteiger partial charge in [-0.05, 0) is 22.4 Å². The Balaban J connectivity index is 1.20. The maximum atomic E-state index is 12.7. The molecule has 0 spiro atoms. The SMILES string of the molecule is COc1cncc(N2CCN(CC(=O)N3CCN(Cc4ccsc4)CC3)CC2)n1. The molecule has 0 bridgehead atoms. The van der Waals surface area contributed by atoms with E-state index in [9.17, 15) is 4.79 Å². The molecule has 4 heterocycles. The van der Waals surface area contributed by atoms with Crippen molar-refractivity contribution in [3.63, 3.8) is 0 Å². The number of ether oxygens (including phenoxy) is 1. The predicted octanol–water partition coefficient (Wildman–Crippen LogP) is 1.01. The third kappa shape index (κ3) is 5.23. The lowest BCUT2D eigenvalue weighted by Gasteiger charge is -2.38. The van der Waals surface area contributed by atoms with Gasteiger partial charge in [-0.2, -0.15) is 16.3 Å². The van der Waals surface area contributed by atoms with Crippen molar-refractivity contribution in [3.05, 3.63) is 34.8 Å². The zero-order valence-corrected chi connectivity index (χ0v) is 17.7. The number of methoxy groups -OCH3 is 1. The molecule has 2 aromatic rings. The minimum atomic E-state index is 0.245. The molecule has 2 aliphatic heterocycles. The van der Waals surface area contributed by atoms with Crippen molar-refractivity contribution in [3.8, 4) is 5.88 Å². The fourth-order valence-electron chi connectivity index (χ4n) is 3.81. The molecule has 9 heteroatoms. The van der Waals surface area contributed by atoms with Gasteiger partial charge in [-0.1, -0.05) is 0 Å². The van der Waals surface area contributed by atoms with Crippen LogP contribution in [0.25, 0.3) is 0 Å². The number of aromatic nitrogens is 2. The number of carbonyl (C=O) groups is 1. The van der Waals surface area contributed by atoms with Gasteiger partial charge in [-0.15, -0.1) is 0 Å². The van der Waals surface area contributed by atoms with Crippen LogP contribution in [0.3, 0.4) is 0 Å². The van der Waals surface area contributed by atoms with E-state index in [0.29, 0.717) is 12.4 Å². The fourth-order valence-corrected chi connectivity index (χ4v) is 4.47. The lowest BCUT2D eigenvalue weighted by atomic mass is 10.2. The topological polar surface area (TPSA) is 65.0 Å². The molecule has 2 saturated heterocycles. The van der Waals surface area contributed by atoms with Crippen molar-refractivity contribution in [1.29, 1.82) is 0 Å². The predicted molar refractivity (Wildman–Crippen MR) is 113 cm³/mol. The molecule has 0 unspecified atom stereocenters. The zero-order chi connectivity index (χ0) is 20.1. The number of hydrogen-bond acceptors (Lipinski definition) is 8. The Bertz CT molecular complexity index is 786. The summed E-state index contributed by atoms with van der Waals surface area (Å²) in [5.74, 6) is 1.60. The lowest BCUT2D eigenvalue weighted by molar-refractivity contribution is -0.134. The van der Waals surface area contributed by atoms with E-state index in [1.807, 2.05) is 4.90 Å². The average molecular weight is 417 g/mol. The molecular formula is C20H28N6O2S. The Morgan fingerprint density at radius 3 is 2.52 bits per heavy atom. The minimum absolute atomic E-state index is 0.245. The van der Waals surface area contributed by atoms with Crippen LogP contribution < -0.4 is 9.64 Å². The Morgan fingerprint density at radius 2 is 1.83 bits per heavy atom. The molecule has 0 saturated carbocycles. The van der Waals surface area contributed by atoms with Gasteiger partial charge in [0, 0.05) is 58.9 Å². The van der Waals surface area contributed by atoms with Gasteiger partial charge in [0.05, 0.1) is 26.0 Å². The van der Waals surface area contributed by atoms with Crippen molar-refractivity contribution in [2.45, 2.75) is 6.54 Å². The lowest BCUT2D eigenvalue weighted by Crippen LogP contribution is -2.53. The van der Waals surface area contributed by atoms with Crippen molar-refractivity contribution in [1.82, 2.24) is 24.7 Å². The Labute approximate surface area is 175 Å². The Morgan fingerprint density at radius 1 is 1.07 bits per heavy atom. The monoisotopic (exact) mass is 416 g/mol. The summed E-state index contributed by atoms with van der Waals surface area (Å²) in [6.07, 6.45) is 3.37. The first-order chi connectivity index (χ1) is 14.2. The Hall–Kier alpha value is -2.23. The normalized spacial score (nSPS) is 18.8. The largest absolute Gasteiger partial charge is 0.480 e. The maximum absolute atomic E-state index is 12.7. The molecule has 0 aromatic carbocycles. The van der Waals surface area contributed by atoms with E-state index in [1.54, 1.807) is 30.8 Å². The first-order valence-corrected chi connectivity index (χ1v) is 11.0. The highest BCUT2D eigenvalue weighted by Crippen LogP contribution is 2.16. The summed E-state index contributed by atoms with van der Waals surface area (Å²) in [6.45, 7) is 8.40. The van der Waals surface area contributed by atoms with E-state index in [0.717, 1.165) is 64.7 Å². The van der Waals surface area contributed by atoms with E-state index in [-0.39, 0.29) is 5.91 Å². The average Bonchev–Trinajstić information content (AvgIpc) is 3.28. The van der Waals surface area contributed by atoms with E-state index in [1.165, 1.54) is 5.56 Å². The van der Waals surface area contributed by atoms with Crippen LogP contribution in [-0.2, 0) is 11.3 Å². The van der Waals surface area contributed by atoms with Crippen LogP contribution in [0.5, 0.6) is 5.88 Å². The van der Waals surface area contributed by atoms with Gasteiger partial charge in [0.2, 0.25) is 11.8 Å². The molecule has 0 atom stereocenters. The molecule has 156 valence electrons. The summed E-state index contributed by atoms with van der Waals surface area (Å²) in [4.78, 5) is 30.3. The summed E-state index contributed by atoms with van der Waals surface area (Å²) >= 11 is 1.74. The molecule has 0 N–H and O–H groups in total. The highest BCUT2D eigenvalue weighted by atomic mass is 32.1. The third-order valence-electron chi connectivity index (χ3n) is 5.58. The number of amides is 1. The second kappa shape index (κ2) is 9.51. The molecular weight excluding hydrogens is 388 g/mol. The fraction of sp³-hybridized carbons (Fsp3) is 0.550. The molecule has 0 radical (unpaired) electrons. The summed E-state index contributed by atoms with van der Waals surface area (Å²) in [7, 11) is 1.60. The van der Waals surface area contributed by atoms with Gasteiger partial charge >= 0.3 is 0 Å². The van der Waals surface area contributed by atoms with Crippen LogP contribution in [0, 0.1) is 0 Å². The van der Waals surface area contributed by atoms with Crippen molar-refractivity contribution in [2.24, 2.45) is 0 Å². The van der Waals surface area contributed by atoms with Crippen LogP contribution >= 0.6 is 11.3 Å². The van der Waals surface area contributed by atoms with Gasteiger partial charge < -0.3 is 14.5 Å². The number of piperazine rings is 2. The van der Waals surface area contributed by atoms with Gasteiger partial charge in [0.15, 0.2) is 5.82 Å². The van der Waals surface area contributed by atoms with Gasteiger partial charge in [0.25, 0.3) is 0 Å². The minimum Gasteiger partial charge on any atom is -0.480 e. The number of hydrogen-bond donors (Lipinski definition) is 0. The molecule has 0 aliphatic carbocycles. The molecule has 4 rings (SSSR count). The van der Waals surface area contributed by atoms with Crippen LogP contribution in [-0.4, -0.2) is 96.6 Å². The summed E-state index contributed by atoms with van der Waals surface area (Å²) in [6, 6.07) is 2.18. The number of nitrogens with zero attached hydrogens (tertiary/aromatic N) is 6. The Kier molecular flexibility index (Phi) is 6.58. The number of anilines is 1. The van der Waals surface area contributed by atoms with E-state index < -0.39 is 0 Å². The summed E-state index contributed by atoms with van der Waals surface area (Å²) < 4.78 is 5.16. The molecule has 2 aliphatic rings. The third-order valence-corrected chi connectivity index (χ3v) is 6.31. The van der Waals surface area contributed by atoms with Gasteiger partial charge in [0.1, 0.15) is 0 Å². The standard InChI is InChI=1S/C20H28N6O2S/c1-28-19-13-21-12-18(22-19)25-7-3-24(4-8-25)15-20(27)26-9-5-23(6-10-26)14-17-2-11-29-16-17/h2,11-13,16H,3-10,14-15H2,1H3. The number of thiophene rings is 1.